The minimum Gasteiger partial charge on any atom is -0.399 e. The molecule has 0 aliphatic rings. The number of anilines is 1. The fourth-order valence-electron chi connectivity index (χ4n) is 1.67. The minimum absolute atomic E-state index is 0.0761. The zero-order valence-corrected chi connectivity index (χ0v) is 11.6. The maximum absolute atomic E-state index is 12.1. The number of hydrogen-bond acceptors (Lipinski definition) is 5. The highest BCUT2D eigenvalue weighted by atomic mass is 16.5. The Kier molecular flexibility index (Phi) is 7.10. The van der Waals surface area contributed by atoms with Crippen molar-refractivity contribution in [2.45, 2.75) is 0 Å². The molecule has 0 unspecified atom stereocenters. The molecule has 0 spiro atoms. The number of carbonyl (C=O) groups is 1. The third-order valence-corrected chi connectivity index (χ3v) is 2.82. The molecule has 0 aliphatic carbocycles. The highest BCUT2D eigenvalue weighted by Gasteiger charge is 2.12. The first kappa shape index (κ1) is 15.6. The van der Waals surface area contributed by atoms with Crippen LogP contribution in [0.15, 0.2) is 24.3 Å². The molecule has 0 aromatic heterocycles. The van der Waals surface area contributed by atoms with Gasteiger partial charge in [0.2, 0.25) is 0 Å². The summed E-state index contributed by atoms with van der Waals surface area (Å²) in [6.45, 7) is 2.97. The van der Waals surface area contributed by atoms with Crippen LogP contribution in [0.4, 0.5) is 5.69 Å². The van der Waals surface area contributed by atoms with Crippen LogP contribution in [0.3, 0.4) is 0 Å². The Hall–Kier alpha value is -1.43. The Morgan fingerprint density at radius 1 is 1.11 bits per heavy atom. The Bertz CT molecular complexity index is 371. The Morgan fingerprint density at radius 3 is 2.11 bits per heavy atom. The minimum atomic E-state index is 0.0761. The molecule has 5 heteroatoms. The maximum atomic E-state index is 12.1. The van der Waals surface area contributed by atoms with E-state index in [0.29, 0.717) is 44.1 Å². The normalized spacial score (nSPS) is 10.9. The van der Waals surface area contributed by atoms with E-state index in [1.165, 1.54) is 0 Å². The molecule has 0 heterocycles. The molecular formula is C14H22N2O3. The fourth-order valence-corrected chi connectivity index (χ4v) is 1.67. The van der Waals surface area contributed by atoms with Crippen molar-refractivity contribution >= 4 is 11.5 Å². The largest absolute Gasteiger partial charge is 0.399 e. The lowest BCUT2D eigenvalue weighted by Crippen LogP contribution is -2.35. The molecule has 1 aromatic rings. The zero-order valence-electron chi connectivity index (χ0n) is 11.6. The van der Waals surface area contributed by atoms with Gasteiger partial charge in [0.25, 0.3) is 0 Å². The Morgan fingerprint density at radius 2 is 1.63 bits per heavy atom. The van der Waals surface area contributed by atoms with Crippen LogP contribution in [0, 0.1) is 0 Å². The molecule has 0 saturated heterocycles. The SMILES string of the molecule is COCCN(CCOC)CC(=O)c1ccc(N)cc1. The number of rotatable bonds is 9. The van der Waals surface area contributed by atoms with E-state index in [1.807, 2.05) is 4.90 Å². The van der Waals surface area contributed by atoms with Crippen molar-refractivity contribution in [2.24, 2.45) is 0 Å². The van der Waals surface area contributed by atoms with E-state index in [0.717, 1.165) is 0 Å². The van der Waals surface area contributed by atoms with Crippen LogP contribution in [-0.2, 0) is 9.47 Å². The number of nitrogens with two attached hydrogens (primary N) is 1. The molecule has 0 bridgehead atoms. The number of Topliss-reactive ketones (excluding diaryl/α,β-unsaturated/α-hetero) is 1. The number of carbonyl (C=O) groups excluding carboxylic acids is 1. The van der Waals surface area contributed by atoms with Gasteiger partial charge in [-0.15, -0.1) is 0 Å². The van der Waals surface area contributed by atoms with Gasteiger partial charge in [-0.25, -0.2) is 0 Å². The third kappa shape index (κ3) is 5.83. The number of hydrogen-bond donors (Lipinski definition) is 1. The number of ether oxygens (including phenoxy) is 2. The van der Waals surface area contributed by atoms with E-state index in [1.54, 1.807) is 38.5 Å². The monoisotopic (exact) mass is 266 g/mol. The van der Waals surface area contributed by atoms with Gasteiger partial charge in [0.1, 0.15) is 0 Å². The summed E-state index contributed by atoms with van der Waals surface area (Å²) in [5, 5.41) is 0. The van der Waals surface area contributed by atoms with Crippen LogP contribution in [0.2, 0.25) is 0 Å². The summed E-state index contributed by atoms with van der Waals surface area (Å²) in [7, 11) is 3.30. The summed E-state index contributed by atoms with van der Waals surface area (Å²) in [4.78, 5) is 14.1. The van der Waals surface area contributed by atoms with E-state index in [9.17, 15) is 4.79 Å². The standard InChI is InChI=1S/C14H22N2O3/c1-18-9-7-16(8-10-19-2)11-14(17)12-3-5-13(15)6-4-12/h3-6H,7-11,15H2,1-2H3. The van der Waals surface area contributed by atoms with Gasteiger partial charge >= 0.3 is 0 Å². The van der Waals surface area contributed by atoms with Crippen molar-refractivity contribution in [3.63, 3.8) is 0 Å². The first-order valence-electron chi connectivity index (χ1n) is 6.26. The fraction of sp³-hybridized carbons (Fsp3) is 0.500. The molecule has 0 amide bonds. The van der Waals surface area contributed by atoms with Gasteiger partial charge in [-0.2, -0.15) is 0 Å². The van der Waals surface area contributed by atoms with Crippen LogP contribution in [0.25, 0.3) is 0 Å². The number of benzene rings is 1. The highest BCUT2D eigenvalue weighted by molar-refractivity contribution is 5.97. The van der Waals surface area contributed by atoms with E-state index in [4.69, 9.17) is 15.2 Å². The van der Waals surface area contributed by atoms with Crippen molar-refractivity contribution in [2.75, 3.05) is 52.8 Å². The lowest BCUT2D eigenvalue weighted by atomic mass is 10.1. The molecule has 5 nitrogen and oxygen atoms in total. The van der Waals surface area contributed by atoms with E-state index < -0.39 is 0 Å². The predicted octanol–water partition coefficient (Wildman–Crippen LogP) is 1.05. The van der Waals surface area contributed by atoms with Crippen molar-refractivity contribution < 1.29 is 14.3 Å². The van der Waals surface area contributed by atoms with Crippen LogP contribution in [-0.4, -0.2) is 57.8 Å². The van der Waals surface area contributed by atoms with Gasteiger partial charge in [-0.3, -0.25) is 9.69 Å². The van der Waals surface area contributed by atoms with Gasteiger partial charge in [0.05, 0.1) is 19.8 Å². The van der Waals surface area contributed by atoms with Crippen molar-refractivity contribution in [3.05, 3.63) is 29.8 Å². The van der Waals surface area contributed by atoms with Gasteiger partial charge in [0.15, 0.2) is 5.78 Å². The van der Waals surface area contributed by atoms with Crippen LogP contribution >= 0.6 is 0 Å². The molecule has 19 heavy (non-hydrogen) atoms. The Balaban J connectivity index is 2.56. The topological polar surface area (TPSA) is 64.8 Å². The second-order valence-electron chi connectivity index (χ2n) is 4.31. The quantitative estimate of drug-likeness (QED) is 0.534. The van der Waals surface area contributed by atoms with E-state index in [-0.39, 0.29) is 5.78 Å². The number of nitrogens with zero attached hydrogens (tertiary/aromatic N) is 1. The number of ketones is 1. The third-order valence-electron chi connectivity index (χ3n) is 2.82. The van der Waals surface area contributed by atoms with Crippen molar-refractivity contribution in [3.8, 4) is 0 Å². The van der Waals surface area contributed by atoms with Gasteiger partial charge in [0, 0.05) is 38.6 Å². The molecular weight excluding hydrogens is 244 g/mol. The summed E-state index contributed by atoms with van der Waals surface area (Å²) >= 11 is 0. The summed E-state index contributed by atoms with van der Waals surface area (Å²) < 4.78 is 10.1. The summed E-state index contributed by atoms with van der Waals surface area (Å²) in [5.41, 5.74) is 6.94. The molecule has 0 aliphatic heterocycles. The molecule has 1 aromatic carbocycles. The lowest BCUT2D eigenvalue weighted by Gasteiger charge is -2.20. The average molecular weight is 266 g/mol. The second kappa shape index (κ2) is 8.63. The van der Waals surface area contributed by atoms with E-state index in [2.05, 4.69) is 0 Å². The van der Waals surface area contributed by atoms with Crippen LogP contribution in [0.5, 0.6) is 0 Å². The first-order chi connectivity index (χ1) is 9.17. The average Bonchev–Trinajstić information content (AvgIpc) is 2.42. The molecule has 0 radical (unpaired) electrons. The maximum Gasteiger partial charge on any atom is 0.176 e. The van der Waals surface area contributed by atoms with Crippen LogP contribution < -0.4 is 5.73 Å². The van der Waals surface area contributed by atoms with Gasteiger partial charge in [-0.05, 0) is 24.3 Å². The van der Waals surface area contributed by atoms with Gasteiger partial charge in [-0.1, -0.05) is 0 Å². The molecule has 106 valence electrons. The zero-order chi connectivity index (χ0) is 14.1. The van der Waals surface area contributed by atoms with Gasteiger partial charge < -0.3 is 15.2 Å². The van der Waals surface area contributed by atoms with Crippen molar-refractivity contribution in [1.82, 2.24) is 4.90 Å². The van der Waals surface area contributed by atoms with Crippen molar-refractivity contribution in [1.29, 1.82) is 0 Å². The number of nitrogen functional groups attached to an aromatic ring is 1. The van der Waals surface area contributed by atoms with Crippen LogP contribution in [0.1, 0.15) is 10.4 Å². The predicted molar refractivity (Wildman–Crippen MR) is 75.4 cm³/mol. The summed E-state index contributed by atoms with van der Waals surface area (Å²) in [6.07, 6.45) is 0. The highest BCUT2D eigenvalue weighted by Crippen LogP contribution is 2.07. The Labute approximate surface area is 114 Å². The molecule has 1 rings (SSSR count). The smallest absolute Gasteiger partial charge is 0.176 e. The second-order valence-corrected chi connectivity index (χ2v) is 4.31. The first-order valence-corrected chi connectivity index (χ1v) is 6.26. The summed E-state index contributed by atoms with van der Waals surface area (Å²) in [5.74, 6) is 0.0761. The lowest BCUT2D eigenvalue weighted by molar-refractivity contribution is 0.0837. The molecule has 0 atom stereocenters. The van der Waals surface area contributed by atoms with E-state index >= 15 is 0 Å². The summed E-state index contributed by atoms with van der Waals surface area (Å²) in [6, 6.07) is 6.98. The molecule has 2 N–H and O–H groups in total. The molecule has 0 saturated carbocycles. The number of methoxy groups -OCH3 is 2. The molecule has 0 fully saturated rings.